The van der Waals surface area contributed by atoms with Crippen LogP contribution in [0.5, 0.6) is 0 Å². The standard InChI is InChI=1S/C51H33N3/c1-3-13-34(14-4-1)39-18-11-20-41(31-39)47-33-48(54-51(53-47)38-16-5-2-6-17-38)42-21-12-19-40(32-42)35-25-27-37(28-26-35)50-45-30-29-36-15-7-8-22-43(36)49(45)44-23-9-10-24-46(44)52-50/h1-33H. The molecule has 0 unspecified atom stereocenters. The third kappa shape index (κ3) is 5.78. The van der Waals surface area contributed by atoms with E-state index in [0.29, 0.717) is 5.82 Å². The average molecular weight is 688 g/mol. The molecule has 252 valence electrons. The highest BCUT2D eigenvalue weighted by Gasteiger charge is 2.15. The minimum Gasteiger partial charge on any atom is -0.247 e. The van der Waals surface area contributed by atoms with Gasteiger partial charge in [-0.3, -0.25) is 0 Å². The Labute approximate surface area is 313 Å². The van der Waals surface area contributed by atoms with E-state index in [1.54, 1.807) is 0 Å². The smallest absolute Gasteiger partial charge is 0.160 e. The van der Waals surface area contributed by atoms with Crippen molar-refractivity contribution >= 4 is 32.4 Å². The zero-order valence-corrected chi connectivity index (χ0v) is 29.4. The van der Waals surface area contributed by atoms with E-state index in [9.17, 15) is 0 Å². The lowest BCUT2D eigenvalue weighted by atomic mass is 9.94. The van der Waals surface area contributed by atoms with E-state index in [-0.39, 0.29) is 0 Å². The third-order valence-electron chi connectivity index (χ3n) is 10.3. The number of pyridine rings is 1. The Kier molecular flexibility index (Phi) is 7.81. The van der Waals surface area contributed by atoms with Crippen molar-refractivity contribution in [2.45, 2.75) is 0 Å². The first-order chi connectivity index (χ1) is 26.7. The fraction of sp³-hybridized carbons (Fsp3) is 0. The molecule has 0 radical (unpaired) electrons. The third-order valence-corrected chi connectivity index (χ3v) is 10.3. The van der Waals surface area contributed by atoms with E-state index < -0.39 is 0 Å². The van der Waals surface area contributed by atoms with E-state index >= 15 is 0 Å². The summed E-state index contributed by atoms with van der Waals surface area (Å²) in [4.78, 5) is 15.4. The summed E-state index contributed by atoms with van der Waals surface area (Å²) in [5.74, 6) is 0.700. The first kappa shape index (κ1) is 31.5. The number of rotatable bonds is 6. The lowest BCUT2D eigenvalue weighted by Crippen LogP contribution is -1.96. The molecule has 0 atom stereocenters. The van der Waals surface area contributed by atoms with Gasteiger partial charge in [-0.15, -0.1) is 0 Å². The molecule has 0 bridgehead atoms. The summed E-state index contributed by atoms with van der Waals surface area (Å²) in [6.45, 7) is 0. The van der Waals surface area contributed by atoms with Crippen molar-refractivity contribution in [3.63, 3.8) is 0 Å². The minimum absolute atomic E-state index is 0.700. The maximum absolute atomic E-state index is 5.21. The normalized spacial score (nSPS) is 11.3. The number of benzene rings is 8. The van der Waals surface area contributed by atoms with Gasteiger partial charge in [0.05, 0.1) is 22.6 Å². The Morgan fingerprint density at radius 2 is 0.796 bits per heavy atom. The lowest BCUT2D eigenvalue weighted by Gasteiger charge is -2.13. The first-order valence-electron chi connectivity index (χ1n) is 18.3. The van der Waals surface area contributed by atoms with Crippen LogP contribution in [-0.2, 0) is 0 Å². The molecule has 3 heteroatoms. The summed E-state index contributed by atoms with van der Waals surface area (Å²) in [7, 11) is 0. The molecule has 3 nitrogen and oxygen atoms in total. The Hall–Kier alpha value is -7.23. The van der Waals surface area contributed by atoms with Crippen LogP contribution in [0.2, 0.25) is 0 Å². The van der Waals surface area contributed by atoms with Gasteiger partial charge in [-0.2, -0.15) is 0 Å². The van der Waals surface area contributed by atoms with Gasteiger partial charge in [-0.05, 0) is 57.3 Å². The highest BCUT2D eigenvalue weighted by molar-refractivity contribution is 6.22. The van der Waals surface area contributed by atoms with Crippen molar-refractivity contribution in [2.75, 3.05) is 0 Å². The van der Waals surface area contributed by atoms with E-state index in [2.05, 4.69) is 176 Å². The van der Waals surface area contributed by atoms with Crippen LogP contribution in [0.4, 0.5) is 0 Å². The van der Waals surface area contributed by atoms with Crippen molar-refractivity contribution in [2.24, 2.45) is 0 Å². The van der Waals surface area contributed by atoms with Crippen LogP contribution in [0.3, 0.4) is 0 Å². The van der Waals surface area contributed by atoms with Crippen LogP contribution in [0.1, 0.15) is 0 Å². The van der Waals surface area contributed by atoms with Crippen LogP contribution in [0, 0.1) is 0 Å². The number of hydrogen-bond donors (Lipinski definition) is 0. The van der Waals surface area contributed by atoms with E-state index in [0.717, 1.165) is 66.9 Å². The van der Waals surface area contributed by atoms with Crippen molar-refractivity contribution in [3.05, 3.63) is 200 Å². The topological polar surface area (TPSA) is 38.7 Å². The summed E-state index contributed by atoms with van der Waals surface area (Å²) in [5, 5.41) is 6.06. The molecule has 0 amide bonds. The van der Waals surface area contributed by atoms with Gasteiger partial charge in [0, 0.05) is 38.4 Å². The summed E-state index contributed by atoms with van der Waals surface area (Å²) >= 11 is 0. The average Bonchev–Trinajstić information content (AvgIpc) is 3.26. The van der Waals surface area contributed by atoms with Gasteiger partial charge in [0.25, 0.3) is 0 Å². The second-order valence-corrected chi connectivity index (χ2v) is 13.6. The van der Waals surface area contributed by atoms with Gasteiger partial charge >= 0.3 is 0 Å². The molecular weight excluding hydrogens is 655 g/mol. The molecule has 8 aromatic carbocycles. The van der Waals surface area contributed by atoms with Crippen LogP contribution >= 0.6 is 0 Å². The second kappa shape index (κ2) is 13.4. The van der Waals surface area contributed by atoms with Gasteiger partial charge in [-0.1, -0.05) is 176 Å². The molecule has 0 fully saturated rings. The van der Waals surface area contributed by atoms with Gasteiger partial charge < -0.3 is 0 Å². The molecule has 10 rings (SSSR count). The quantitative estimate of drug-likeness (QED) is 0.163. The fourth-order valence-electron chi connectivity index (χ4n) is 7.57. The van der Waals surface area contributed by atoms with Gasteiger partial charge in [0.2, 0.25) is 0 Å². The molecule has 10 aromatic rings. The summed E-state index contributed by atoms with van der Waals surface area (Å²) in [5.41, 5.74) is 12.5. The van der Waals surface area contributed by atoms with Crippen LogP contribution in [0.15, 0.2) is 200 Å². The van der Waals surface area contributed by atoms with Gasteiger partial charge in [-0.25, -0.2) is 15.0 Å². The van der Waals surface area contributed by atoms with Crippen LogP contribution < -0.4 is 0 Å². The van der Waals surface area contributed by atoms with Crippen molar-refractivity contribution in [1.29, 1.82) is 0 Å². The van der Waals surface area contributed by atoms with Crippen LogP contribution in [-0.4, -0.2) is 15.0 Å². The summed E-state index contributed by atoms with van der Waals surface area (Å²) in [6.07, 6.45) is 0. The molecular formula is C51H33N3. The molecule has 0 saturated carbocycles. The van der Waals surface area contributed by atoms with Gasteiger partial charge in [0.1, 0.15) is 0 Å². The van der Waals surface area contributed by atoms with Gasteiger partial charge in [0.15, 0.2) is 5.82 Å². The molecule has 0 saturated heterocycles. The summed E-state index contributed by atoms with van der Waals surface area (Å²) < 4.78 is 0. The largest absolute Gasteiger partial charge is 0.247 e. The maximum atomic E-state index is 5.21. The van der Waals surface area contributed by atoms with Crippen molar-refractivity contribution in [3.8, 4) is 67.4 Å². The van der Waals surface area contributed by atoms with E-state index in [1.165, 1.54) is 27.1 Å². The predicted octanol–water partition coefficient (Wildman–Crippen LogP) is 13.3. The lowest BCUT2D eigenvalue weighted by molar-refractivity contribution is 1.18. The molecule has 0 spiro atoms. The monoisotopic (exact) mass is 687 g/mol. The Morgan fingerprint density at radius 1 is 0.278 bits per heavy atom. The molecule has 2 heterocycles. The zero-order valence-electron chi connectivity index (χ0n) is 29.4. The highest BCUT2D eigenvalue weighted by Crippen LogP contribution is 2.38. The maximum Gasteiger partial charge on any atom is 0.160 e. The molecule has 0 aliphatic carbocycles. The molecule has 54 heavy (non-hydrogen) atoms. The number of para-hydroxylation sites is 1. The van der Waals surface area contributed by atoms with Crippen molar-refractivity contribution < 1.29 is 0 Å². The number of nitrogens with zero attached hydrogens (tertiary/aromatic N) is 3. The molecule has 0 aliphatic heterocycles. The number of hydrogen-bond acceptors (Lipinski definition) is 3. The SMILES string of the molecule is c1ccc(-c2cccc(-c3cc(-c4cccc(-c5ccc(-c6nc7ccccc7c7c6ccc6ccccc67)cc5)c4)nc(-c4ccccc4)n3)c2)cc1. The van der Waals surface area contributed by atoms with Crippen molar-refractivity contribution in [1.82, 2.24) is 15.0 Å². The fourth-order valence-corrected chi connectivity index (χ4v) is 7.57. The highest BCUT2D eigenvalue weighted by atomic mass is 14.9. The Morgan fingerprint density at radius 3 is 1.48 bits per heavy atom. The summed E-state index contributed by atoms with van der Waals surface area (Å²) in [6, 6.07) is 70.3. The second-order valence-electron chi connectivity index (χ2n) is 13.6. The Bertz CT molecular complexity index is 2960. The predicted molar refractivity (Wildman–Crippen MR) is 225 cm³/mol. The number of aromatic nitrogens is 3. The number of fused-ring (bicyclic) bond motifs is 5. The zero-order chi connectivity index (χ0) is 35.8. The Balaban J connectivity index is 1.05. The van der Waals surface area contributed by atoms with E-state index in [1.807, 2.05) is 24.3 Å². The minimum atomic E-state index is 0.700. The first-order valence-corrected chi connectivity index (χ1v) is 18.3. The molecule has 2 aromatic heterocycles. The molecule has 0 aliphatic rings. The van der Waals surface area contributed by atoms with E-state index in [4.69, 9.17) is 15.0 Å². The molecule has 0 N–H and O–H groups in total. The van der Waals surface area contributed by atoms with Crippen LogP contribution in [0.25, 0.3) is 99.9 Å².